The van der Waals surface area contributed by atoms with E-state index < -0.39 is 0 Å². The fraction of sp³-hybridized carbons (Fsp3) is 0.250. The van der Waals surface area contributed by atoms with Crippen LogP contribution in [0.3, 0.4) is 0 Å². The van der Waals surface area contributed by atoms with Crippen molar-refractivity contribution in [2.75, 3.05) is 13.7 Å². The lowest BCUT2D eigenvalue weighted by atomic mass is 9.99. The summed E-state index contributed by atoms with van der Waals surface area (Å²) < 4.78 is 13.0. The van der Waals surface area contributed by atoms with Gasteiger partial charge in [0.05, 0.1) is 13.7 Å². The average molecular weight is 426 g/mol. The molecule has 4 aromatic rings. The second kappa shape index (κ2) is 8.54. The Bertz CT molecular complexity index is 1270. The Morgan fingerprint density at radius 2 is 1.78 bits per heavy atom. The minimum atomic E-state index is -0.298. The molecule has 162 valence electrons. The highest BCUT2D eigenvalue weighted by Gasteiger charge is 2.26. The molecule has 1 saturated carbocycles. The smallest absolute Gasteiger partial charge is 0.355 e. The molecule has 1 aliphatic carbocycles. The summed E-state index contributed by atoms with van der Waals surface area (Å²) in [6, 6.07) is 24.9. The third-order valence-corrected chi connectivity index (χ3v) is 6.16. The van der Waals surface area contributed by atoms with Gasteiger partial charge in [0.2, 0.25) is 0 Å². The van der Waals surface area contributed by atoms with Crippen molar-refractivity contribution in [3.63, 3.8) is 0 Å². The van der Waals surface area contributed by atoms with E-state index in [9.17, 15) is 4.79 Å². The summed E-state index contributed by atoms with van der Waals surface area (Å²) in [7, 11) is 1.66. The van der Waals surface area contributed by atoms with E-state index in [0.29, 0.717) is 24.8 Å². The molecule has 0 atom stereocenters. The van der Waals surface area contributed by atoms with E-state index >= 15 is 0 Å². The molecule has 4 heteroatoms. The number of hydrogen-bond acceptors (Lipinski definition) is 3. The van der Waals surface area contributed by atoms with Crippen molar-refractivity contribution < 1.29 is 14.3 Å². The van der Waals surface area contributed by atoms with Crippen LogP contribution in [0.1, 0.15) is 47.3 Å². The molecular weight excluding hydrogens is 398 g/mol. The molecule has 1 aliphatic rings. The summed E-state index contributed by atoms with van der Waals surface area (Å²) in [5.41, 5.74) is 6.02. The molecule has 3 aromatic carbocycles. The number of rotatable bonds is 7. The molecule has 0 amide bonds. The SMILES string of the molecule is CCOC(=O)c1c(-c2ccc(C3CC3)cc2)c2ccccc2n1Cc1cccc(OC)c1. The maximum absolute atomic E-state index is 13.3. The van der Waals surface area contributed by atoms with Gasteiger partial charge in [-0.3, -0.25) is 0 Å². The van der Waals surface area contributed by atoms with E-state index in [1.54, 1.807) is 7.11 Å². The number of nitrogens with zero attached hydrogens (tertiary/aromatic N) is 1. The number of esters is 1. The Morgan fingerprint density at radius 1 is 1.00 bits per heavy atom. The van der Waals surface area contributed by atoms with Gasteiger partial charge in [-0.15, -0.1) is 0 Å². The summed E-state index contributed by atoms with van der Waals surface area (Å²) in [4.78, 5) is 13.3. The zero-order valence-corrected chi connectivity index (χ0v) is 18.5. The summed E-state index contributed by atoms with van der Waals surface area (Å²) in [6.07, 6.45) is 2.54. The maximum Gasteiger partial charge on any atom is 0.355 e. The van der Waals surface area contributed by atoms with Gasteiger partial charge in [-0.1, -0.05) is 54.6 Å². The molecular formula is C28H27NO3. The first-order chi connectivity index (χ1) is 15.7. The van der Waals surface area contributed by atoms with Crippen molar-refractivity contribution in [3.8, 4) is 16.9 Å². The molecule has 0 N–H and O–H groups in total. The molecule has 1 heterocycles. The quantitative estimate of drug-likeness (QED) is 0.321. The molecule has 1 fully saturated rings. The largest absolute Gasteiger partial charge is 0.497 e. The van der Waals surface area contributed by atoms with Gasteiger partial charge in [0.15, 0.2) is 0 Å². The first-order valence-corrected chi connectivity index (χ1v) is 11.2. The summed E-state index contributed by atoms with van der Waals surface area (Å²) in [5, 5.41) is 1.05. The molecule has 5 rings (SSSR count). The number of para-hydroxylation sites is 1. The zero-order chi connectivity index (χ0) is 22.1. The summed E-state index contributed by atoms with van der Waals surface area (Å²) in [6.45, 7) is 2.72. The molecule has 0 radical (unpaired) electrons. The van der Waals surface area contributed by atoms with Crippen LogP contribution < -0.4 is 4.74 Å². The standard InChI is InChI=1S/C28H27NO3/c1-3-32-28(30)27-26(22-15-13-21(14-16-22)20-11-12-20)24-9-4-5-10-25(24)29(27)18-19-7-6-8-23(17-19)31-2/h4-10,13-17,20H,3,11-12,18H2,1-2H3. The van der Waals surface area contributed by atoms with Crippen LogP contribution in [0.5, 0.6) is 5.75 Å². The van der Waals surface area contributed by atoms with Gasteiger partial charge >= 0.3 is 5.97 Å². The van der Waals surface area contributed by atoms with Crippen molar-refractivity contribution in [1.82, 2.24) is 4.57 Å². The maximum atomic E-state index is 13.3. The Kier molecular flexibility index (Phi) is 5.44. The fourth-order valence-electron chi connectivity index (χ4n) is 4.46. The minimum absolute atomic E-state index is 0.298. The number of benzene rings is 3. The van der Waals surface area contributed by atoms with Crippen molar-refractivity contribution in [3.05, 3.63) is 89.6 Å². The summed E-state index contributed by atoms with van der Waals surface area (Å²) >= 11 is 0. The van der Waals surface area contributed by atoms with E-state index in [1.165, 1.54) is 18.4 Å². The van der Waals surface area contributed by atoms with Gasteiger partial charge in [0, 0.05) is 23.0 Å². The van der Waals surface area contributed by atoms with Crippen LogP contribution in [-0.2, 0) is 11.3 Å². The number of fused-ring (bicyclic) bond motifs is 1. The predicted molar refractivity (Wildman–Crippen MR) is 127 cm³/mol. The highest BCUT2D eigenvalue weighted by Crippen LogP contribution is 2.42. The Balaban J connectivity index is 1.69. The molecule has 0 spiro atoms. The van der Waals surface area contributed by atoms with Gasteiger partial charge in [-0.05, 0) is 60.6 Å². The van der Waals surface area contributed by atoms with Gasteiger partial charge in [-0.2, -0.15) is 0 Å². The Labute approximate surface area is 188 Å². The number of aromatic nitrogens is 1. The lowest BCUT2D eigenvalue weighted by Crippen LogP contribution is -2.14. The number of carbonyl (C=O) groups excluding carboxylic acids is 1. The number of ether oxygens (including phenoxy) is 2. The van der Waals surface area contributed by atoms with E-state index in [1.807, 2.05) is 37.3 Å². The van der Waals surface area contributed by atoms with Crippen molar-refractivity contribution in [1.29, 1.82) is 0 Å². The minimum Gasteiger partial charge on any atom is -0.497 e. The first-order valence-electron chi connectivity index (χ1n) is 11.2. The molecule has 4 nitrogen and oxygen atoms in total. The first kappa shape index (κ1) is 20.4. The van der Waals surface area contributed by atoms with Gasteiger partial charge < -0.3 is 14.0 Å². The number of methoxy groups -OCH3 is 1. The van der Waals surface area contributed by atoms with Crippen LogP contribution in [0.15, 0.2) is 72.8 Å². The third-order valence-electron chi connectivity index (χ3n) is 6.16. The molecule has 1 aromatic heterocycles. The van der Waals surface area contributed by atoms with E-state index in [-0.39, 0.29) is 5.97 Å². The van der Waals surface area contributed by atoms with Crippen molar-refractivity contribution in [2.45, 2.75) is 32.2 Å². The fourth-order valence-corrected chi connectivity index (χ4v) is 4.46. The number of hydrogen-bond donors (Lipinski definition) is 0. The Hall–Kier alpha value is -3.53. The van der Waals surface area contributed by atoms with Crippen LogP contribution in [0, 0.1) is 0 Å². The van der Waals surface area contributed by atoms with Crippen LogP contribution in [0.2, 0.25) is 0 Å². The second-order valence-corrected chi connectivity index (χ2v) is 8.30. The lowest BCUT2D eigenvalue weighted by molar-refractivity contribution is 0.0516. The average Bonchev–Trinajstić information content (AvgIpc) is 3.63. The number of carbonyl (C=O) groups is 1. The zero-order valence-electron chi connectivity index (χ0n) is 18.5. The Morgan fingerprint density at radius 3 is 2.50 bits per heavy atom. The monoisotopic (exact) mass is 425 g/mol. The third kappa shape index (κ3) is 3.77. The van der Waals surface area contributed by atoms with Gasteiger partial charge in [0.1, 0.15) is 11.4 Å². The molecule has 0 unspecified atom stereocenters. The van der Waals surface area contributed by atoms with Crippen LogP contribution in [0.25, 0.3) is 22.0 Å². The highest BCUT2D eigenvalue weighted by molar-refractivity contribution is 6.08. The molecule has 32 heavy (non-hydrogen) atoms. The highest BCUT2D eigenvalue weighted by atomic mass is 16.5. The van der Waals surface area contributed by atoms with Crippen molar-refractivity contribution in [2.24, 2.45) is 0 Å². The topological polar surface area (TPSA) is 40.5 Å². The van der Waals surface area contributed by atoms with E-state index in [0.717, 1.165) is 33.3 Å². The molecule has 0 aliphatic heterocycles. The van der Waals surface area contributed by atoms with E-state index in [2.05, 4.69) is 47.0 Å². The lowest BCUT2D eigenvalue weighted by Gasteiger charge is -2.13. The van der Waals surface area contributed by atoms with Crippen LogP contribution in [-0.4, -0.2) is 24.3 Å². The van der Waals surface area contributed by atoms with Gasteiger partial charge in [0.25, 0.3) is 0 Å². The molecule has 0 saturated heterocycles. The van der Waals surface area contributed by atoms with Crippen LogP contribution >= 0.6 is 0 Å². The summed E-state index contributed by atoms with van der Waals surface area (Å²) in [5.74, 6) is 1.20. The molecule has 0 bridgehead atoms. The van der Waals surface area contributed by atoms with Crippen LogP contribution in [0.4, 0.5) is 0 Å². The second-order valence-electron chi connectivity index (χ2n) is 8.30. The van der Waals surface area contributed by atoms with E-state index in [4.69, 9.17) is 9.47 Å². The van der Waals surface area contributed by atoms with Gasteiger partial charge in [-0.25, -0.2) is 4.79 Å². The predicted octanol–water partition coefficient (Wildman–Crippen LogP) is 6.42. The van der Waals surface area contributed by atoms with Crippen molar-refractivity contribution >= 4 is 16.9 Å². The normalized spacial score (nSPS) is 13.3.